The normalized spacial score (nSPS) is 18.4. The third-order valence-corrected chi connectivity index (χ3v) is 3.67. The van der Waals surface area contributed by atoms with Crippen molar-refractivity contribution in [3.05, 3.63) is 48.1 Å². The Kier molecular flexibility index (Phi) is 6.14. The van der Waals surface area contributed by atoms with Gasteiger partial charge in [0.05, 0.1) is 0 Å². The summed E-state index contributed by atoms with van der Waals surface area (Å²) in [5.74, 6) is 1.22. The molecule has 0 radical (unpaired) electrons. The Morgan fingerprint density at radius 1 is 1.39 bits per heavy atom. The van der Waals surface area contributed by atoms with E-state index in [1.165, 1.54) is 11.1 Å². The summed E-state index contributed by atoms with van der Waals surface area (Å²) in [6.07, 6.45) is 13.3. The van der Waals surface area contributed by atoms with Gasteiger partial charge >= 0.3 is 0 Å². The van der Waals surface area contributed by atoms with Crippen LogP contribution in [0.2, 0.25) is 0 Å². The molecule has 0 saturated heterocycles. The van der Waals surface area contributed by atoms with E-state index in [0.717, 1.165) is 12.8 Å². The summed E-state index contributed by atoms with van der Waals surface area (Å²) in [4.78, 5) is 0. The van der Waals surface area contributed by atoms with Crippen LogP contribution in [0.5, 0.6) is 0 Å². The maximum atomic E-state index is 4.09. The summed E-state index contributed by atoms with van der Waals surface area (Å²) in [6.45, 7) is 10.8. The molecule has 0 aromatic heterocycles. The van der Waals surface area contributed by atoms with Crippen LogP contribution in [0, 0.1) is 11.8 Å². The summed E-state index contributed by atoms with van der Waals surface area (Å²) >= 11 is 0. The van der Waals surface area contributed by atoms with E-state index in [0.29, 0.717) is 17.9 Å². The Balaban J connectivity index is 2.85. The SMILES string of the molecule is C=C(C)C(CC(C1=CC=CCC=C1)C(C)C)NC. The zero-order valence-electron chi connectivity index (χ0n) is 12.2. The molecule has 1 rings (SSSR count). The van der Waals surface area contributed by atoms with Crippen LogP contribution in [0.3, 0.4) is 0 Å². The molecule has 0 amide bonds. The zero-order valence-corrected chi connectivity index (χ0v) is 12.2. The van der Waals surface area contributed by atoms with Gasteiger partial charge in [-0.3, -0.25) is 0 Å². The van der Waals surface area contributed by atoms with Crippen LogP contribution >= 0.6 is 0 Å². The first-order valence-electron chi connectivity index (χ1n) is 6.92. The van der Waals surface area contributed by atoms with E-state index in [1.807, 2.05) is 7.05 Å². The fourth-order valence-corrected chi connectivity index (χ4v) is 2.46. The molecule has 0 aromatic rings. The number of allylic oxidation sites excluding steroid dienone is 6. The molecule has 1 aliphatic carbocycles. The minimum atomic E-state index is 0.402. The standard InChI is InChI=1S/C17H27N/c1-13(2)16(12-17(18-5)14(3)4)15-10-8-6-7-9-11-15/h6,8-11,13,16-18H,3,7,12H2,1-2,4-5H3. The molecule has 0 fully saturated rings. The molecule has 0 bridgehead atoms. The number of hydrogen-bond acceptors (Lipinski definition) is 1. The number of likely N-dealkylation sites (N-methyl/N-ethyl adjacent to an activating group) is 1. The summed E-state index contributed by atoms with van der Waals surface area (Å²) in [7, 11) is 2.02. The summed E-state index contributed by atoms with van der Waals surface area (Å²) in [6, 6.07) is 0.402. The second-order valence-electron chi connectivity index (χ2n) is 5.51. The third-order valence-electron chi connectivity index (χ3n) is 3.67. The Bertz CT molecular complexity index is 358. The van der Waals surface area contributed by atoms with Gasteiger partial charge < -0.3 is 5.32 Å². The van der Waals surface area contributed by atoms with Crippen LogP contribution in [0.25, 0.3) is 0 Å². The van der Waals surface area contributed by atoms with Gasteiger partial charge in [0, 0.05) is 6.04 Å². The lowest BCUT2D eigenvalue weighted by Gasteiger charge is -2.27. The quantitative estimate of drug-likeness (QED) is 0.690. The molecule has 18 heavy (non-hydrogen) atoms. The Morgan fingerprint density at radius 2 is 2.11 bits per heavy atom. The molecular formula is C17H27N. The lowest BCUT2D eigenvalue weighted by Crippen LogP contribution is -2.30. The monoisotopic (exact) mass is 245 g/mol. The first kappa shape index (κ1) is 15.0. The molecule has 0 saturated carbocycles. The molecule has 0 heterocycles. The smallest absolute Gasteiger partial charge is 0.0277 e. The molecule has 2 unspecified atom stereocenters. The highest BCUT2D eigenvalue weighted by Crippen LogP contribution is 2.29. The summed E-state index contributed by atoms with van der Waals surface area (Å²) < 4.78 is 0. The van der Waals surface area contributed by atoms with Crippen molar-refractivity contribution >= 4 is 0 Å². The third kappa shape index (κ3) is 4.30. The predicted octanol–water partition coefficient (Wildman–Crippen LogP) is 4.26. The van der Waals surface area contributed by atoms with Crippen molar-refractivity contribution < 1.29 is 0 Å². The van der Waals surface area contributed by atoms with Crippen molar-refractivity contribution in [2.45, 2.75) is 39.7 Å². The topological polar surface area (TPSA) is 12.0 Å². The first-order chi connectivity index (χ1) is 8.56. The fraction of sp³-hybridized carbons (Fsp3) is 0.529. The van der Waals surface area contributed by atoms with E-state index in [2.05, 4.69) is 63.0 Å². The van der Waals surface area contributed by atoms with Crippen molar-refractivity contribution in [3.8, 4) is 0 Å². The Morgan fingerprint density at radius 3 is 2.67 bits per heavy atom. The largest absolute Gasteiger partial charge is 0.313 e. The molecule has 1 nitrogen and oxygen atoms in total. The van der Waals surface area contributed by atoms with Gasteiger partial charge in [0.1, 0.15) is 0 Å². The molecule has 1 heteroatoms. The Labute approximate surface area is 112 Å². The minimum absolute atomic E-state index is 0.402. The van der Waals surface area contributed by atoms with E-state index in [4.69, 9.17) is 0 Å². The maximum Gasteiger partial charge on any atom is 0.0277 e. The lowest BCUT2D eigenvalue weighted by atomic mass is 9.81. The van der Waals surface area contributed by atoms with Gasteiger partial charge in [-0.25, -0.2) is 0 Å². The molecule has 0 aliphatic heterocycles. The molecule has 0 aromatic carbocycles. The average Bonchev–Trinajstić information content (AvgIpc) is 2.58. The van der Waals surface area contributed by atoms with Gasteiger partial charge in [-0.2, -0.15) is 0 Å². The van der Waals surface area contributed by atoms with Gasteiger partial charge in [-0.15, -0.1) is 0 Å². The van der Waals surface area contributed by atoms with Crippen molar-refractivity contribution in [2.75, 3.05) is 7.05 Å². The number of nitrogens with one attached hydrogen (secondary N) is 1. The van der Waals surface area contributed by atoms with Gasteiger partial charge in [-0.05, 0) is 44.2 Å². The highest BCUT2D eigenvalue weighted by molar-refractivity contribution is 5.30. The molecule has 1 N–H and O–H groups in total. The van der Waals surface area contributed by atoms with Crippen molar-refractivity contribution in [1.29, 1.82) is 0 Å². The minimum Gasteiger partial charge on any atom is -0.313 e. The van der Waals surface area contributed by atoms with Crippen molar-refractivity contribution in [1.82, 2.24) is 5.32 Å². The lowest BCUT2D eigenvalue weighted by molar-refractivity contribution is 0.382. The van der Waals surface area contributed by atoms with Crippen LogP contribution in [0.15, 0.2) is 48.1 Å². The van der Waals surface area contributed by atoms with Gasteiger partial charge in [0.2, 0.25) is 0 Å². The number of hydrogen-bond donors (Lipinski definition) is 1. The summed E-state index contributed by atoms with van der Waals surface area (Å²) in [5, 5.41) is 3.37. The maximum absolute atomic E-state index is 4.09. The second kappa shape index (κ2) is 7.38. The van der Waals surface area contributed by atoms with Crippen LogP contribution < -0.4 is 5.32 Å². The molecule has 1 aliphatic rings. The van der Waals surface area contributed by atoms with Crippen molar-refractivity contribution in [3.63, 3.8) is 0 Å². The molecule has 100 valence electrons. The van der Waals surface area contributed by atoms with Crippen LogP contribution in [-0.2, 0) is 0 Å². The van der Waals surface area contributed by atoms with E-state index in [-0.39, 0.29) is 0 Å². The average molecular weight is 245 g/mol. The van der Waals surface area contributed by atoms with Crippen LogP contribution in [0.1, 0.15) is 33.6 Å². The van der Waals surface area contributed by atoms with Crippen molar-refractivity contribution in [2.24, 2.45) is 11.8 Å². The zero-order chi connectivity index (χ0) is 13.5. The van der Waals surface area contributed by atoms with E-state index in [1.54, 1.807) is 0 Å². The molecule has 2 atom stereocenters. The van der Waals surface area contributed by atoms with Gasteiger partial charge in [-0.1, -0.05) is 56.4 Å². The van der Waals surface area contributed by atoms with E-state index >= 15 is 0 Å². The molecule has 0 spiro atoms. The highest BCUT2D eigenvalue weighted by Gasteiger charge is 2.21. The van der Waals surface area contributed by atoms with Gasteiger partial charge in [0.15, 0.2) is 0 Å². The van der Waals surface area contributed by atoms with Gasteiger partial charge in [0.25, 0.3) is 0 Å². The second-order valence-corrected chi connectivity index (χ2v) is 5.51. The van der Waals surface area contributed by atoms with Crippen LogP contribution in [-0.4, -0.2) is 13.1 Å². The summed E-state index contributed by atoms with van der Waals surface area (Å²) in [5.41, 5.74) is 2.66. The highest BCUT2D eigenvalue weighted by atomic mass is 14.9. The first-order valence-corrected chi connectivity index (χ1v) is 6.92. The predicted molar refractivity (Wildman–Crippen MR) is 81.6 cm³/mol. The fourth-order valence-electron chi connectivity index (χ4n) is 2.46. The van der Waals surface area contributed by atoms with Crippen LogP contribution in [0.4, 0.5) is 0 Å². The Hall–Kier alpha value is -1.08. The van der Waals surface area contributed by atoms with E-state index in [9.17, 15) is 0 Å². The number of rotatable bonds is 6. The van der Waals surface area contributed by atoms with E-state index < -0.39 is 0 Å². The molecular weight excluding hydrogens is 218 g/mol.